The van der Waals surface area contributed by atoms with E-state index in [0.29, 0.717) is 11.4 Å². The number of hydrogen-bond acceptors (Lipinski definition) is 4. The van der Waals surface area contributed by atoms with E-state index in [0.717, 1.165) is 41.3 Å². The van der Waals surface area contributed by atoms with Gasteiger partial charge in [0.05, 0.1) is 24.9 Å². The predicted octanol–water partition coefficient (Wildman–Crippen LogP) is 5.10. The molecule has 0 bridgehead atoms. The Morgan fingerprint density at radius 3 is 2.77 bits per heavy atom. The monoisotopic (exact) mass is 417 g/mol. The molecule has 1 N–H and O–H groups in total. The summed E-state index contributed by atoms with van der Waals surface area (Å²) < 4.78 is 13.7. The maximum absolute atomic E-state index is 13.2. The van der Waals surface area contributed by atoms with E-state index in [1.807, 2.05) is 43.3 Å². The third-order valence-corrected chi connectivity index (χ3v) is 6.45. The molecule has 1 saturated heterocycles. The molecule has 1 aliphatic heterocycles. The topological polar surface area (TPSA) is 59.6 Å². The molecule has 1 fully saturated rings. The molecule has 0 saturated carbocycles. The lowest BCUT2D eigenvalue weighted by molar-refractivity contribution is -0.121. The Morgan fingerprint density at radius 1 is 1.16 bits per heavy atom. The highest BCUT2D eigenvalue weighted by Gasteiger charge is 2.34. The molecule has 0 aliphatic carbocycles. The molecule has 0 unspecified atom stereocenters. The van der Waals surface area contributed by atoms with Gasteiger partial charge in [0, 0.05) is 35.8 Å². The van der Waals surface area contributed by atoms with Gasteiger partial charge in [0.2, 0.25) is 5.91 Å². The van der Waals surface area contributed by atoms with Crippen molar-refractivity contribution in [2.45, 2.75) is 31.8 Å². The third-order valence-electron chi connectivity index (χ3n) is 6.45. The van der Waals surface area contributed by atoms with Crippen molar-refractivity contribution >= 4 is 33.5 Å². The summed E-state index contributed by atoms with van der Waals surface area (Å²) in [6.07, 6.45) is 4.20. The van der Waals surface area contributed by atoms with E-state index >= 15 is 0 Å². The smallest absolute Gasteiger partial charge is 0.241 e. The highest BCUT2D eigenvalue weighted by atomic mass is 16.5. The van der Waals surface area contributed by atoms with Crippen LogP contribution in [0.4, 0.5) is 5.69 Å². The van der Waals surface area contributed by atoms with Gasteiger partial charge in [0.25, 0.3) is 0 Å². The van der Waals surface area contributed by atoms with Crippen LogP contribution in [0.5, 0.6) is 5.75 Å². The quantitative estimate of drug-likeness (QED) is 0.491. The first-order valence-corrected chi connectivity index (χ1v) is 10.7. The fourth-order valence-electron chi connectivity index (χ4n) is 4.80. The van der Waals surface area contributed by atoms with Gasteiger partial charge in [-0.3, -0.25) is 9.69 Å². The fraction of sp³-hybridized carbons (Fsp3) is 0.320. The van der Waals surface area contributed by atoms with Crippen molar-refractivity contribution in [2.24, 2.45) is 7.05 Å². The number of para-hydroxylation sites is 1. The Labute approximate surface area is 181 Å². The number of nitrogens with zero attached hydrogens (tertiary/aromatic N) is 2. The Balaban J connectivity index is 1.42. The van der Waals surface area contributed by atoms with Gasteiger partial charge in [-0.1, -0.05) is 18.2 Å². The van der Waals surface area contributed by atoms with Gasteiger partial charge < -0.3 is 19.0 Å². The number of methoxy groups -OCH3 is 1. The van der Waals surface area contributed by atoms with Gasteiger partial charge in [-0.15, -0.1) is 0 Å². The number of aryl methyl sites for hydroxylation is 1. The molecule has 4 aromatic rings. The number of aromatic nitrogens is 1. The lowest BCUT2D eigenvalue weighted by atomic mass is 10.1. The third kappa shape index (κ3) is 3.37. The molecule has 0 radical (unpaired) electrons. The number of rotatable bonds is 5. The molecular formula is C25H27N3O3. The predicted molar refractivity (Wildman–Crippen MR) is 122 cm³/mol. The fourth-order valence-corrected chi connectivity index (χ4v) is 4.80. The van der Waals surface area contributed by atoms with Crippen molar-refractivity contribution < 1.29 is 13.9 Å². The molecule has 5 rings (SSSR count). The number of likely N-dealkylation sites (tertiary alicyclic amines) is 1. The van der Waals surface area contributed by atoms with Gasteiger partial charge in [-0.25, -0.2) is 0 Å². The van der Waals surface area contributed by atoms with Crippen LogP contribution in [0.3, 0.4) is 0 Å². The molecule has 6 nitrogen and oxygen atoms in total. The van der Waals surface area contributed by atoms with Crippen LogP contribution >= 0.6 is 0 Å². The van der Waals surface area contributed by atoms with Crippen LogP contribution in [-0.4, -0.2) is 35.1 Å². The van der Waals surface area contributed by atoms with Gasteiger partial charge in [-0.05, 0) is 50.6 Å². The number of furan rings is 1. The van der Waals surface area contributed by atoms with Crippen molar-refractivity contribution in [3.05, 3.63) is 60.4 Å². The molecule has 2 atom stereocenters. The van der Waals surface area contributed by atoms with Crippen molar-refractivity contribution in [3.8, 4) is 5.75 Å². The first-order valence-electron chi connectivity index (χ1n) is 10.7. The number of benzene rings is 2. The van der Waals surface area contributed by atoms with Crippen molar-refractivity contribution in [1.82, 2.24) is 9.47 Å². The molecule has 3 heterocycles. The number of nitrogens with one attached hydrogen (secondary N) is 1. The molecule has 31 heavy (non-hydrogen) atoms. The number of ether oxygens (including phenoxy) is 1. The zero-order valence-electron chi connectivity index (χ0n) is 18.1. The van der Waals surface area contributed by atoms with Crippen molar-refractivity contribution in [1.29, 1.82) is 0 Å². The zero-order valence-corrected chi connectivity index (χ0v) is 18.1. The van der Waals surface area contributed by atoms with Gasteiger partial charge >= 0.3 is 0 Å². The van der Waals surface area contributed by atoms with Crippen LogP contribution in [0.1, 0.15) is 31.5 Å². The molecule has 2 aromatic heterocycles. The standard InChI is InChI=1S/C25H27N3O3/c1-16(28-13-7-10-21(28)20-9-6-12-27(20)2)25(29)26-19-15-23-18(14-24(19)30-3)17-8-4-5-11-22(17)31-23/h4-6,8-9,11-12,14-16,21H,7,10,13H2,1-3H3,(H,26,29)/t16-,21-/m1/s1. The lowest BCUT2D eigenvalue weighted by Crippen LogP contribution is -2.42. The number of amides is 1. The second kappa shape index (κ2) is 7.78. The minimum absolute atomic E-state index is 0.0464. The molecule has 6 heteroatoms. The summed E-state index contributed by atoms with van der Waals surface area (Å²) in [5.41, 5.74) is 3.42. The van der Waals surface area contributed by atoms with Crippen LogP contribution < -0.4 is 10.1 Å². The number of hydrogen-bond donors (Lipinski definition) is 1. The normalized spacial score (nSPS) is 18.0. The van der Waals surface area contributed by atoms with E-state index in [1.54, 1.807) is 7.11 Å². The van der Waals surface area contributed by atoms with Crippen LogP contribution in [0.2, 0.25) is 0 Å². The minimum Gasteiger partial charge on any atom is -0.495 e. The van der Waals surface area contributed by atoms with Crippen molar-refractivity contribution in [2.75, 3.05) is 19.0 Å². The van der Waals surface area contributed by atoms with E-state index < -0.39 is 0 Å². The maximum atomic E-state index is 13.2. The van der Waals surface area contributed by atoms with E-state index in [1.165, 1.54) is 5.69 Å². The average Bonchev–Trinajstić information content (AvgIpc) is 3.50. The van der Waals surface area contributed by atoms with E-state index in [-0.39, 0.29) is 18.0 Å². The Bertz CT molecular complexity index is 1260. The first kappa shape index (κ1) is 19.7. The van der Waals surface area contributed by atoms with Gasteiger partial charge in [0.15, 0.2) is 0 Å². The Kier molecular flexibility index (Phi) is 4.94. The number of carbonyl (C=O) groups is 1. The number of anilines is 1. The summed E-state index contributed by atoms with van der Waals surface area (Å²) in [4.78, 5) is 15.5. The largest absolute Gasteiger partial charge is 0.495 e. The van der Waals surface area contributed by atoms with Crippen molar-refractivity contribution in [3.63, 3.8) is 0 Å². The van der Waals surface area contributed by atoms with Crippen LogP contribution in [-0.2, 0) is 11.8 Å². The molecule has 0 spiro atoms. The van der Waals surface area contributed by atoms with E-state index in [4.69, 9.17) is 9.15 Å². The second-order valence-electron chi connectivity index (χ2n) is 8.25. The Morgan fingerprint density at radius 2 is 2.00 bits per heavy atom. The summed E-state index contributed by atoms with van der Waals surface area (Å²) in [6, 6.07) is 15.9. The summed E-state index contributed by atoms with van der Waals surface area (Å²) in [5, 5.41) is 5.09. The van der Waals surface area contributed by atoms with Gasteiger partial charge in [-0.2, -0.15) is 0 Å². The summed E-state index contributed by atoms with van der Waals surface area (Å²) in [5.74, 6) is 0.579. The van der Waals surface area contributed by atoms with Gasteiger partial charge in [0.1, 0.15) is 16.9 Å². The van der Waals surface area contributed by atoms with Crippen LogP contribution in [0, 0.1) is 0 Å². The summed E-state index contributed by atoms with van der Waals surface area (Å²) in [6.45, 7) is 2.88. The highest BCUT2D eigenvalue weighted by molar-refractivity contribution is 6.08. The van der Waals surface area contributed by atoms with E-state index in [2.05, 4.69) is 40.2 Å². The highest BCUT2D eigenvalue weighted by Crippen LogP contribution is 2.37. The number of fused-ring (bicyclic) bond motifs is 3. The maximum Gasteiger partial charge on any atom is 0.241 e. The number of carbonyl (C=O) groups excluding carboxylic acids is 1. The minimum atomic E-state index is -0.265. The molecule has 1 amide bonds. The lowest BCUT2D eigenvalue weighted by Gasteiger charge is -2.30. The average molecular weight is 418 g/mol. The SMILES string of the molecule is COc1cc2c(cc1NC(=O)[C@@H](C)N1CCC[C@@H]1c1cccn1C)oc1ccccc12. The summed E-state index contributed by atoms with van der Waals surface area (Å²) >= 11 is 0. The van der Waals surface area contributed by atoms with E-state index in [9.17, 15) is 4.79 Å². The Hall–Kier alpha value is -3.25. The molecule has 2 aromatic carbocycles. The van der Waals surface area contributed by atoms with Crippen LogP contribution in [0.15, 0.2) is 59.1 Å². The molecule has 1 aliphatic rings. The second-order valence-corrected chi connectivity index (χ2v) is 8.25. The van der Waals surface area contributed by atoms with Crippen LogP contribution in [0.25, 0.3) is 21.9 Å². The summed E-state index contributed by atoms with van der Waals surface area (Å²) in [7, 11) is 3.68. The zero-order chi connectivity index (χ0) is 21.5. The molecular weight excluding hydrogens is 390 g/mol. The molecule has 160 valence electrons. The first-order chi connectivity index (χ1) is 15.1.